The highest BCUT2D eigenvalue weighted by molar-refractivity contribution is 5.76. The highest BCUT2D eigenvalue weighted by atomic mass is 19.1. The van der Waals surface area contributed by atoms with Gasteiger partial charge in [0.1, 0.15) is 11.6 Å². The first-order valence-corrected chi connectivity index (χ1v) is 9.43. The van der Waals surface area contributed by atoms with Gasteiger partial charge in [0.25, 0.3) is 0 Å². The molecule has 140 valence electrons. The van der Waals surface area contributed by atoms with Gasteiger partial charge in [-0.2, -0.15) is 0 Å². The number of nitrogens with one attached hydrogen (secondary N) is 1. The van der Waals surface area contributed by atoms with Crippen molar-refractivity contribution in [2.24, 2.45) is 0 Å². The van der Waals surface area contributed by atoms with Crippen molar-refractivity contribution in [2.45, 2.75) is 44.6 Å². The number of hydrogen-bond donors (Lipinski definition) is 1. The van der Waals surface area contributed by atoms with E-state index < -0.39 is 0 Å². The number of carbonyl (C=O) groups excluding carboxylic acids is 1. The topological polar surface area (TPSA) is 45.5 Å². The van der Waals surface area contributed by atoms with E-state index in [9.17, 15) is 9.18 Å². The van der Waals surface area contributed by atoms with Crippen LogP contribution in [0.3, 0.4) is 0 Å². The third-order valence-corrected chi connectivity index (χ3v) is 5.13. The first-order chi connectivity index (χ1) is 12.6. The zero-order valence-corrected chi connectivity index (χ0v) is 15.3. The van der Waals surface area contributed by atoms with Gasteiger partial charge in [0, 0.05) is 13.0 Å². The van der Waals surface area contributed by atoms with Crippen molar-refractivity contribution in [2.75, 3.05) is 19.6 Å². The van der Waals surface area contributed by atoms with Crippen molar-refractivity contribution < 1.29 is 13.6 Å². The Balaban J connectivity index is 1.56. The monoisotopic (exact) mass is 358 g/mol. The Kier molecular flexibility index (Phi) is 6.45. The highest BCUT2D eigenvalue weighted by Crippen LogP contribution is 2.25. The van der Waals surface area contributed by atoms with Gasteiger partial charge in [-0.15, -0.1) is 0 Å². The first-order valence-electron chi connectivity index (χ1n) is 9.43. The van der Waals surface area contributed by atoms with Crippen LogP contribution in [0.5, 0.6) is 0 Å². The molecule has 1 aliphatic heterocycles. The number of piperidine rings is 1. The van der Waals surface area contributed by atoms with Gasteiger partial charge in [0.05, 0.1) is 12.3 Å². The number of benzene rings is 1. The summed E-state index contributed by atoms with van der Waals surface area (Å²) in [5.74, 6) is 0.704. The molecule has 0 saturated carbocycles. The average molecular weight is 358 g/mol. The van der Waals surface area contributed by atoms with E-state index in [1.165, 1.54) is 31.4 Å². The van der Waals surface area contributed by atoms with Gasteiger partial charge in [-0.05, 0) is 61.7 Å². The third-order valence-electron chi connectivity index (χ3n) is 5.13. The molecule has 2 unspecified atom stereocenters. The van der Waals surface area contributed by atoms with Crippen LogP contribution in [0, 0.1) is 5.82 Å². The number of furan rings is 1. The van der Waals surface area contributed by atoms with Gasteiger partial charge in [0.2, 0.25) is 5.91 Å². The van der Waals surface area contributed by atoms with Crippen LogP contribution in [-0.4, -0.2) is 30.4 Å². The average Bonchev–Trinajstić information content (AvgIpc) is 3.17. The fraction of sp³-hybridized carbons (Fsp3) is 0.476. The molecule has 3 rings (SSSR count). The molecule has 1 amide bonds. The molecule has 4 nitrogen and oxygen atoms in total. The molecule has 0 radical (unpaired) electrons. The number of nitrogens with zero attached hydrogens (tertiary/aromatic N) is 1. The number of halogens is 1. The maximum atomic E-state index is 13.0. The van der Waals surface area contributed by atoms with Gasteiger partial charge in [-0.1, -0.05) is 25.5 Å². The largest absolute Gasteiger partial charge is 0.468 e. The minimum absolute atomic E-state index is 0.00962. The van der Waals surface area contributed by atoms with Crippen LogP contribution in [0.1, 0.15) is 55.9 Å². The molecule has 0 spiro atoms. The first kappa shape index (κ1) is 18.6. The molecule has 1 saturated heterocycles. The molecule has 1 aromatic heterocycles. The fourth-order valence-corrected chi connectivity index (χ4v) is 3.59. The van der Waals surface area contributed by atoms with E-state index in [0.29, 0.717) is 13.0 Å². The summed E-state index contributed by atoms with van der Waals surface area (Å²) in [5.41, 5.74) is 0.972. The van der Waals surface area contributed by atoms with E-state index in [4.69, 9.17) is 4.42 Å². The second kappa shape index (κ2) is 8.99. The molecule has 2 atom stereocenters. The summed E-state index contributed by atoms with van der Waals surface area (Å²) in [5, 5.41) is 3.07. The smallest absolute Gasteiger partial charge is 0.220 e. The van der Waals surface area contributed by atoms with Gasteiger partial charge in [-0.25, -0.2) is 4.39 Å². The van der Waals surface area contributed by atoms with E-state index in [1.807, 2.05) is 19.1 Å². The lowest BCUT2D eigenvalue weighted by Crippen LogP contribution is -2.40. The number of likely N-dealkylation sites (tertiary alicyclic amines) is 1. The molecule has 0 aliphatic carbocycles. The molecule has 1 fully saturated rings. The van der Waals surface area contributed by atoms with E-state index in [1.54, 1.807) is 18.4 Å². The molecule has 26 heavy (non-hydrogen) atoms. The SMILES string of the molecule is CC(CC(=O)NCC(c1ccco1)N1CCCCC1)c1ccc(F)cc1. The van der Waals surface area contributed by atoms with E-state index in [2.05, 4.69) is 10.2 Å². The Hall–Kier alpha value is -2.14. The predicted octanol–water partition coefficient (Wildman–Crippen LogP) is 4.26. The molecule has 1 N–H and O–H groups in total. The highest BCUT2D eigenvalue weighted by Gasteiger charge is 2.25. The minimum atomic E-state index is -0.256. The van der Waals surface area contributed by atoms with Crippen LogP contribution < -0.4 is 5.32 Å². The standard InChI is InChI=1S/C21H27FN2O2/c1-16(17-7-9-18(22)10-8-17)14-21(25)23-15-19(20-6-5-13-26-20)24-11-3-2-4-12-24/h5-10,13,16,19H,2-4,11-12,14-15H2,1H3,(H,23,25). The lowest BCUT2D eigenvalue weighted by molar-refractivity contribution is -0.121. The maximum Gasteiger partial charge on any atom is 0.220 e. The van der Waals surface area contributed by atoms with Crippen LogP contribution in [-0.2, 0) is 4.79 Å². The molecule has 5 heteroatoms. The third kappa shape index (κ3) is 4.94. The summed E-state index contributed by atoms with van der Waals surface area (Å²) < 4.78 is 18.7. The Bertz CT molecular complexity index is 679. The lowest BCUT2D eigenvalue weighted by Gasteiger charge is -2.33. The van der Waals surface area contributed by atoms with Crippen molar-refractivity contribution in [3.05, 3.63) is 59.8 Å². The quantitative estimate of drug-likeness (QED) is 0.804. The fourth-order valence-electron chi connectivity index (χ4n) is 3.59. The Morgan fingerprint density at radius 1 is 1.19 bits per heavy atom. The van der Waals surface area contributed by atoms with E-state index in [-0.39, 0.29) is 23.7 Å². The van der Waals surface area contributed by atoms with E-state index >= 15 is 0 Å². The van der Waals surface area contributed by atoms with Gasteiger partial charge >= 0.3 is 0 Å². The van der Waals surface area contributed by atoms with E-state index in [0.717, 1.165) is 24.4 Å². The summed E-state index contributed by atoms with van der Waals surface area (Å²) in [6.07, 6.45) is 5.71. The minimum Gasteiger partial charge on any atom is -0.468 e. The number of hydrogen-bond acceptors (Lipinski definition) is 3. The second-order valence-corrected chi connectivity index (χ2v) is 7.09. The molecular formula is C21H27FN2O2. The zero-order chi connectivity index (χ0) is 18.4. The van der Waals surface area contributed by atoms with Gasteiger partial charge in [0.15, 0.2) is 0 Å². The molecule has 2 aromatic rings. The maximum absolute atomic E-state index is 13.0. The lowest BCUT2D eigenvalue weighted by atomic mass is 9.97. The summed E-state index contributed by atoms with van der Waals surface area (Å²) >= 11 is 0. The predicted molar refractivity (Wildman–Crippen MR) is 99.3 cm³/mol. The Labute approximate surface area is 154 Å². The van der Waals surface area contributed by atoms with Crippen molar-refractivity contribution in [1.82, 2.24) is 10.2 Å². The Morgan fingerprint density at radius 3 is 2.58 bits per heavy atom. The second-order valence-electron chi connectivity index (χ2n) is 7.09. The van der Waals surface area contributed by atoms with Crippen molar-refractivity contribution >= 4 is 5.91 Å². The van der Waals surface area contributed by atoms with Crippen molar-refractivity contribution in [3.63, 3.8) is 0 Å². The summed E-state index contributed by atoms with van der Waals surface area (Å²) in [7, 11) is 0. The zero-order valence-electron chi connectivity index (χ0n) is 15.3. The Morgan fingerprint density at radius 2 is 1.92 bits per heavy atom. The van der Waals surface area contributed by atoms with Crippen LogP contribution >= 0.6 is 0 Å². The number of rotatable bonds is 7. The number of amides is 1. The summed E-state index contributed by atoms with van der Waals surface area (Å²) in [6, 6.07) is 10.3. The van der Waals surface area contributed by atoms with Crippen LogP contribution in [0.25, 0.3) is 0 Å². The molecule has 1 aliphatic rings. The van der Waals surface area contributed by atoms with Crippen molar-refractivity contribution in [3.8, 4) is 0 Å². The van der Waals surface area contributed by atoms with Crippen LogP contribution in [0.2, 0.25) is 0 Å². The summed E-state index contributed by atoms with van der Waals surface area (Å²) in [4.78, 5) is 14.8. The molecular weight excluding hydrogens is 331 g/mol. The van der Waals surface area contributed by atoms with Crippen LogP contribution in [0.15, 0.2) is 47.1 Å². The van der Waals surface area contributed by atoms with Crippen molar-refractivity contribution in [1.29, 1.82) is 0 Å². The normalized spacial score (nSPS) is 17.6. The van der Waals surface area contributed by atoms with Gasteiger partial charge < -0.3 is 9.73 Å². The molecule has 0 bridgehead atoms. The summed E-state index contributed by atoms with van der Waals surface area (Å²) in [6.45, 7) is 4.60. The van der Waals surface area contributed by atoms with Gasteiger partial charge in [-0.3, -0.25) is 9.69 Å². The molecule has 2 heterocycles. The van der Waals surface area contributed by atoms with Crippen LogP contribution in [0.4, 0.5) is 4.39 Å². The number of carbonyl (C=O) groups is 1. The molecule has 1 aromatic carbocycles.